The maximum atomic E-state index is 12.2. The molecule has 0 aromatic carbocycles. The summed E-state index contributed by atoms with van der Waals surface area (Å²) in [6, 6.07) is 0. The van der Waals surface area contributed by atoms with Crippen LogP contribution in [0.4, 0.5) is 0 Å². The lowest BCUT2D eigenvalue weighted by Crippen LogP contribution is -2.42. The number of hydrogen-bond acceptors (Lipinski definition) is 2. The van der Waals surface area contributed by atoms with Gasteiger partial charge in [0.2, 0.25) is 5.91 Å². The molecule has 2 rings (SSSR count). The van der Waals surface area contributed by atoms with E-state index in [1.165, 1.54) is 25.7 Å². The van der Waals surface area contributed by atoms with Crippen LogP contribution in [-0.2, 0) is 4.79 Å². The van der Waals surface area contributed by atoms with Crippen LogP contribution in [0.25, 0.3) is 0 Å². The van der Waals surface area contributed by atoms with Crippen molar-refractivity contribution in [3.63, 3.8) is 0 Å². The zero-order valence-corrected chi connectivity index (χ0v) is 13.2. The minimum atomic E-state index is 0. The number of piperidine rings is 1. The number of likely N-dealkylation sites (tertiary alicyclic amines) is 1. The molecular weight excluding hydrogens is 260 g/mol. The number of carbonyl (C=O) groups is 1. The number of nitrogens with zero attached hydrogens (tertiary/aromatic N) is 1. The largest absolute Gasteiger partial charge is 0.343 e. The molecule has 2 saturated heterocycles. The van der Waals surface area contributed by atoms with E-state index in [0.29, 0.717) is 11.3 Å². The van der Waals surface area contributed by atoms with E-state index in [0.717, 1.165) is 44.9 Å². The Morgan fingerprint density at radius 3 is 2.58 bits per heavy atom. The van der Waals surface area contributed by atoms with Crippen LogP contribution < -0.4 is 5.32 Å². The Kier molecular flexibility index (Phi) is 6.61. The van der Waals surface area contributed by atoms with E-state index in [9.17, 15) is 4.79 Å². The molecule has 0 bridgehead atoms. The number of hydrogen-bond donors (Lipinski definition) is 1. The van der Waals surface area contributed by atoms with Gasteiger partial charge in [0, 0.05) is 19.5 Å². The van der Waals surface area contributed by atoms with Gasteiger partial charge >= 0.3 is 0 Å². The van der Waals surface area contributed by atoms with Crippen molar-refractivity contribution in [2.45, 2.75) is 52.4 Å². The van der Waals surface area contributed by atoms with Crippen molar-refractivity contribution in [1.82, 2.24) is 10.2 Å². The average Bonchev–Trinajstić information content (AvgIpc) is 2.90. The van der Waals surface area contributed by atoms with Crippen molar-refractivity contribution in [3.8, 4) is 0 Å². The molecule has 0 saturated carbocycles. The Bertz CT molecular complexity index is 282. The SMILES string of the molecule is CCC1(C)CCN(C(=O)CCC2CCNC2)CC1.Cl. The lowest BCUT2D eigenvalue weighted by molar-refractivity contribution is -0.133. The van der Waals surface area contributed by atoms with Crippen molar-refractivity contribution < 1.29 is 4.79 Å². The molecule has 1 atom stereocenters. The van der Waals surface area contributed by atoms with E-state index in [-0.39, 0.29) is 12.4 Å². The summed E-state index contributed by atoms with van der Waals surface area (Å²) in [6.45, 7) is 8.83. The monoisotopic (exact) mass is 288 g/mol. The van der Waals surface area contributed by atoms with Gasteiger partial charge in [-0.05, 0) is 50.1 Å². The van der Waals surface area contributed by atoms with Crippen molar-refractivity contribution >= 4 is 18.3 Å². The molecule has 19 heavy (non-hydrogen) atoms. The first-order valence-electron chi connectivity index (χ1n) is 7.61. The molecule has 112 valence electrons. The Morgan fingerprint density at radius 2 is 2.05 bits per heavy atom. The fourth-order valence-corrected chi connectivity index (χ4v) is 3.10. The zero-order valence-electron chi connectivity index (χ0n) is 12.4. The lowest BCUT2D eigenvalue weighted by Gasteiger charge is -2.39. The Labute approximate surface area is 123 Å². The van der Waals surface area contributed by atoms with E-state index in [1.54, 1.807) is 0 Å². The lowest BCUT2D eigenvalue weighted by atomic mass is 9.78. The third kappa shape index (κ3) is 4.64. The number of carbonyl (C=O) groups excluding carboxylic acids is 1. The second-order valence-electron chi connectivity index (χ2n) is 6.44. The molecule has 0 spiro atoms. The van der Waals surface area contributed by atoms with Crippen LogP contribution in [0.3, 0.4) is 0 Å². The van der Waals surface area contributed by atoms with E-state index in [2.05, 4.69) is 24.1 Å². The van der Waals surface area contributed by atoms with Crippen LogP contribution in [0.15, 0.2) is 0 Å². The summed E-state index contributed by atoms with van der Waals surface area (Å²) in [7, 11) is 0. The van der Waals surface area contributed by atoms with Gasteiger partial charge in [-0.15, -0.1) is 12.4 Å². The first-order valence-corrected chi connectivity index (χ1v) is 7.61. The van der Waals surface area contributed by atoms with Gasteiger partial charge in [-0.25, -0.2) is 0 Å². The minimum absolute atomic E-state index is 0. The molecule has 2 heterocycles. The predicted octanol–water partition coefficient (Wildman–Crippen LogP) is 2.84. The summed E-state index contributed by atoms with van der Waals surface area (Å²) in [5.74, 6) is 1.12. The highest BCUT2D eigenvalue weighted by molar-refractivity contribution is 5.85. The van der Waals surface area contributed by atoms with Crippen LogP contribution in [0.5, 0.6) is 0 Å². The summed E-state index contributed by atoms with van der Waals surface area (Å²) < 4.78 is 0. The van der Waals surface area contributed by atoms with Gasteiger partial charge in [-0.3, -0.25) is 4.79 Å². The Hall–Kier alpha value is -0.280. The third-order valence-corrected chi connectivity index (χ3v) is 5.11. The molecule has 1 amide bonds. The maximum Gasteiger partial charge on any atom is 0.222 e. The van der Waals surface area contributed by atoms with Gasteiger partial charge in [0.15, 0.2) is 0 Å². The third-order valence-electron chi connectivity index (χ3n) is 5.11. The predicted molar refractivity (Wildman–Crippen MR) is 81.7 cm³/mol. The summed E-state index contributed by atoms with van der Waals surface area (Å²) in [4.78, 5) is 14.3. The van der Waals surface area contributed by atoms with Crippen LogP contribution in [0.1, 0.15) is 52.4 Å². The fraction of sp³-hybridized carbons (Fsp3) is 0.933. The van der Waals surface area contributed by atoms with E-state index >= 15 is 0 Å². The van der Waals surface area contributed by atoms with Crippen LogP contribution in [0, 0.1) is 11.3 Å². The molecule has 3 nitrogen and oxygen atoms in total. The standard InChI is InChI=1S/C15H28N2O.ClH/c1-3-15(2)7-10-17(11-8-15)14(18)5-4-13-6-9-16-12-13;/h13,16H,3-12H2,1-2H3;1H. The Morgan fingerprint density at radius 1 is 1.37 bits per heavy atom. The minimum Gasteiger partial charge on any atom is -0.343 e. The highest BCUT2D eigenvalue weighted by Crippen LogP contribution is 2.34. The topological polar surface area (TPSA) is 32.3 Å². The molecule has 0 radical (unpaired) electrons. The molecule has 0 aromatic heterocycles. The highest BCUT2D eigenvalue weighted by atomic mass is 35.5. The van der Waals surface area contributed by atoms with Gasteiger partial charge < -0.3 is 10.2 Å². The van der Waals surface area contributed by atoms with Gasteiger partial charge in [0.25, 0.3) is 0 Å². The van der Waals surface area contributed by atoms with Gasteiger partial charge in [0.05, 0.1) is 0 Å². The van der Waals surface area contributed by atoms with Crippen LogP contribution in [0.2, 0.25) is 0 Å². The molecule has 2 aliphatic heterocycles. The number of rotatable bonds is 4. The van der Waals surface area contributed by atoms with Crippen molar-refractivity contribution in [3.05, 3.63) is 0 Å². The summed E-state index contributed by atoms with van der Waals surface area (Å²) in [6.07, 6.45) is 6.69. The molecular formula is C15H29ClN2O. The first-order chi connectivity index (χ1) is 8.63. The normalized spacial score (nSPS) is 26.0. The van der Waals surface area contributed by atoms with Gasteiger partial charge in [-0.1, -0.05) is 20.3 Å². The van der Waals surface area contributed by atoms with Crippen LogP contribution >= 0.6 is 12.4 Å². The van der Waals surface area contributed by atoms with E-state index < -0.39 is 0 Å². The second kappa shape index (κ2) is 7.49. The van der Waals surface area contributed by atoms with Crippen molar-refractivity contribution in [1.29, 1.82) is 0 Å². The number of halogens is 1. The molecule has 0 aromatic rings. The van der Waals surface area contributed by atoms with E-state index in [4.69, 9.17) is 0 Å². The number of nitrogens with one attached hydrogen (secondary N) is 1. The number of amides is 1. The second-order valence-corrected chi connectivity index (χ2v) is 6.44. The fourth-order valence-electron chi connectivity index (χ4n) is 3.10. The Balaban J connectivity index is 0.00000180. The van der Waals surface area contributed by atoms with Crippen molar-refractivity contribution in [2.24, 2.45) is 11.3 Å². The maximum absolute atomic E-state index is 12.2. The molecule has 4 heteroatoms. The molecule has 2 fully saturated rings. The average molecular weight is 289 g/mol. The molecule has 1 unspecified atom stereocenters. The van der Waals surface area contributed by atoms with Crippen molar-refractivity contribution in [2.75, 3.05) is 26.2 Å². The molecule has 1 N–H and O–H groups in total. The van der Waals surface area contributed by atoms with Gasteiger partial charge in [0.1, 0.15) is 0 Å². The quantitative estimate of drug-likeness (QED) is 0.863. The summed E-state index contributed by atoms with van der Waals surface area (Å²) in [5.41, 5.74) is 0.478. The van der Waals surface area contributed by atoms with E-state index in [1.807, 2.05) is 0 Å². The smallest absolute Gasteiger partial charge is 0.222 e. The summed E-state index contributed by atoms with van der Waals surface area (Å²) in [5, 5.41) is 3.37. The zero-order chi connectivity index (χ0) is 13.0. The van der Waals surface area contributed by atoms with Crippen LogP contribution in [-0.4, -0.2) is 37.0 Å². The van der Waals surface area contributed by atoms with Gasteiger partial charge in [-0.2, -0.15) is 0 Å². The molecule has 0 aliphatic carbocycles. The molecule has 2 aliphatic rings. The first kappa shape index (κ1) is 16.8. The summed E-state index contributed by atoms with van der Waals surface area (Å²) >= 11 is 0. The highest BCUT2D eigenvalue weighted by Gasteiger charge is 2.30.